The van der Waals surface area contributed by atoms with Gasteiger partial charge in [-0.25, -0.2) is 0 Å². The van der Waals surface area contributed by atoms with Gasteiger partial charge in [-0.2, -0.15) is 0 Å². The average Bonchev–Trinajstić information content (AvgIpc) is 2.47. The molecule has 0 saturated heterocycles. The fraction of sp³-hybridized carbons (Fsp3) is 0.188. The van der Waals surface area contributed by atoms with E-state index in [2.05, 4.69) is 5.32 Å². The lowest BCUT2D eigenvalue weighted by molar-refractivity contribution is 0.0916. The predicted molar refractivity (Wildman–Crippen MR) is 76.6 cm³/mol. The molecule has 1 amide bonds. The first-order chi connectivity index (χ1) is 9.69. The number of nitrogens with one attached hydrogen (secondary N) is 1. The van der Waals surface area contributed by atoms with Gasteiger partial charge in [0.2, 0.25) is 0 Å². The number of phenolic OH excluding ortho intramolecular Hbond substituents is 1. The van der Waals surface area contributed by atoms with Crippen LogP contribution in [0.5, 0.6) is 5.75 Å². The number of amides is 1. The number of aliphatic hydroxyl groups is 1. The minimum atomic E-state index is -0.354. The Morgan fingerprint density at radius 1 is 1.10 bits per heavy atom. The van der Waals surface area contributed by atoms with E-state index in [9.17, 15) is 15.0 Å². The van der Waals surface area contributed by atoms with Crippen LogP contribution in [0, 0.1) is 0 Å². The standard InChI is InChI=1S/C16H17NO3/c18-11-14(9-12-5-2-1-3-6-12)17-16(20)13-7-4-8-15(19)10-13/h1-8,10,14,18-19H,9,11H2,(H,17,20). The van der Waals surface area contributed by atoms with Gasteiger partial charge in [-0.05, 0) is 30.2 Å². The van der Waals surface area contributed by atoms with Crippen molar-refractivity contribution in [2.75, 3.05) is 6.61 Å². The molecule has 2 aromatic rings. The molecule has 1 unspecified atom stereocenters. The van der Waals surface area contributed by atoms with Crippen molar-refractivity contribution < 1.29 is 15.0 Å². The molecule has 2 aromatic carbocycles. The molecule has 20 heavy (non-hydrogen) atoms. The molecular formula is C16H17NO3. The van der Waals surface area contributed by atoms with E-state index in [1.165, 1.54) is 12.1 Å². The average molecular weight is 271 g/mol. The van der Waals surface area contributed by atoms with Crippen molar-refractivity contribution in [3.63, 3.8) is 0 Å². The summed E-state index contributed by atoms with van der Waals surface area (Å²) in [6, 6.07) is 15.4. The number of aromatic hydroxyl groups is 1. The van der Waals surface area contributed by atoms with Gasteiger partial charge < -0.3 is 15.5 Å². The third-order valence-corrected chi connectivity index (χ3v) is 2.99. The molecule has 2 rings (SSSR count). The number of carbonyl (C=O) groups excluding carboxylic acids is 1. The molecule has 0 radical (unpaired) electrons. The molecule has 0 spiro atoms. The van der Waals surface area contributed by atoms with Crippen LogP contribution in [0.25, 0.3) is 0 Å². The molecule has 0 aromatic heterocycles. The van der Waals surface area contributed by atoms with Gasteiger partial charge in [0.1, 0.15) is 5.75 Å². The second-order valence-electron chi connectivity index (χ2n) is 4.59. The van der Waals surface area contributed by atoms with Crippen LogP contribution in [0.4, 0.5) is 0 Å². The summed E-state index contributed by atoms with van der Waals surface area (Å²) in [7, 11) is 0. The van der Waals surface area contributed by atoms with E-state index in [4.69, 9.17) is 0 Å². The van der Waals surface area contributed by atoms with Crippen LogP contribution in [-0.2, 0) is 6.42 Å². The SMILES string of the molecule is O=C(NC(CO)Cc1ccccc1)c1cccc(O)c1. The highest BCUT2D eigenvalue weighted by atomic mass is 16.3. The third-order valence-electron chi connectivity index (χ3n) is 2.99. The number of hydrogen-bond donors (Lipinski definition) is 3. The maximum absolute atomic E-state index is 12.0. The monoisotopic (exact) mass is 271 g/mol. The molecule has 0 saturated carbocycles. The number of benzene rings is 2. The zero-order valence-electron chi connectivity index (χ0n) is 11.0. The van der Waals surface area contributed by atoms with E-state index in [0.717, 1.165) is 5.56 Å². The summed E-state index contributed by atoms with van der Waals surface area (Å²) in [6.07, 6.45) is 0.557. The lowest BCUT2D eigenvalue weighted by atomic mass is 10.1. The van der Waals surface area contributed by atoms with E-state index >= 15 is 0 Å². The van der Waals surface area contributed by atoms with Crippen LogP contribution in [0.15, 0.2) is 54.6 Å². The third kappa shape index (κ3) is 3.83. The summed E-state index contributed by atoms with van der Waals surface area (Å²) in [5, 5.41) is 21.5. The van der Waals surface area contributed by atoms with E-state index in [-0.39, 0.29) is 24.3 Å². The first kappa shape index (κ1) is 14.1. The summed E-state index contributed by atoms with van der Waals surface area (Å²) in [5.41, 5.74) is 1.42. The van der Waals surface area contributed by atoms with Crippen LogP contribution >= 0.6 is 0 Å². The number of hydrogen-bond acceptors (Lipinski definition) is 3. The molecule has 0 bridgehead atoms. The number of carbonyl (C=O) groups is 1. The van der Waals surface area contributed by atoms with Gasteiger partial charge in [-0.3, -0.25) is 4.79 Å². The molecular weight excluding hydrogens is 254 g/mol. The second-order valence-corrected chi connectivity index (χ2v) is 4.59. The Hall–Kier alpha value is -2.33. The van der Waals surface area contributed by atoms with Crippen molar-refractivity contribution in [3.05, 3.63) is 65.7 Å². The van der Waals surface area contributed by atoms with Crippen LogP contribution < -0.4 is 5.32 Å². The molecule has 104 valence electrons. The molecule has 0 heterocycles. The van der Waals surface area contributed by atoms with Crippen LogP contribution in [-0.4, -0.2) is 28.8 Å². The largest absolute Gasteiger partial charge is 0.508 e. The van der Waals surface area contributed by atoms with Crippen molar-refractivity contribution in [2.45, 2.75) is 12.5 Å². The molecule has 0 aliphatic carbocycles. The Morgan fingerprint density at radius 2 is 1.85 bits per heavy atom. The summed E-state index contributed by atoms with van der Waals surface area (Å²) >= 11 is 0. The molecule has 4 heteroatoms. The Bertz CT molecular complexity index is 569. The molecule has 0 aliphatic heterocycles. The Kier molecular flexibility index (Phi) is 4.74. The first-order valence-electron chi connectivity index (χ1n) is 6.43. The van der Waals surface area contributed by atoms with Gasteiger partial charge in [0.15, 0.2) is 0 Å². The molecule has 3 N–H and O–H groups in total. The van der Waals surface area contributed by atoms with Gasteiger partial charge in [0, 0.05) is 5.56 Å². The highest BCUT2D eigenvalue weighted by Gasteiger charge is 2.13. The van der Waals surface area contributed by atoms with Gasteiger partial charge in [0.05, 0.1) is 12.6 Å². The van der Waals surface area contributed by atoms with Crippen LogP contribution in [0.2, 0.25) is 0 Å². The van der Waals surface area contributed by atoms with Gasteiger partial charge >= 0.3 is 0 Å². The molecule has 4 nitrogen and oxygen atoms in total. The summed E-state index contributed by atoms with van der Waals surface area (Å²) in [6.45, 7) is -0.139. The summed E-state index contributed by atoms with van der Waals surface area (Å²) < 4.78 is 0. The zero-order valence-corrected chi connectivity index (χ0v) is 11.0. The number of phenols is 1. The topological polar surface area (TPSA) is 69.6 Å². The Labute approximate surface area is 117 Å². The fourth-order valence-electron chi connectivity index (χ4n) is 1.98. The highest BCUT2D eigenvalue weighted by Crippen LogP contribution is 2.11. The van der Waals surface area contributed by atoms with Gasteiger partial charge in [0.25, 0.3) is 5.91 Å². The van der Waals surface area contributed by atoms with Crippen LogP contribution in [0.3, 0.4) is 0 Å². The zero-order chi connectivity index (χ0) is 14.4. The van der Waals surface area contributed by atoms with E-state index in [1.54, 1.807) is 12.1 Å². The molecule has 1 atom stereocenters. The van der Waals surface area contributed by atoms with Crippen molar-refractivity contribution in [1.29, 1.82) is 0 Å². The van der Waals surface area contributed by atoms with Crippen molar-refractivity contribution in [1.82, 2.24) is 5.32 Å². The van der Waals surface area contributed by atoms with E-state index in [1.807, 2.05) is 30.3 Å². The van der Waals surface area contributed by atoms with E-state index < -0.39 is 0 Å². The van der Waals surface area contributed by atoms with Crippen molar-refractivity contribution >= 4 is 5.91 Å². The summed E-state index contributed by atoms with van der Waals surface area (Å²) in [4.78, 5) is 12.0. The normalized spacial score (nSPS) is 11.8. The number of aliphatic hydroxyl groups excluding tert-OH is 1. The predicted octanol–water partition coefficient (Wildman–Crippen LogP) is 1.73. The lowest BCUT2D eigenvalue weighted by Gasteiger charge is -2.16. The lowest BCUT2D eigenvalue weighted by Crippen LogP contribution is -2.39. The Morgan fingerprint density at radius 3 is 2.50 bits per heavy atom. The maximum Gasteiger partial charge on any atom is 0.251 e. The first-order valence-corrected chi connectivity index (χ1v) is 6.43. The van der Waals surface area contributed by atoms with Crippen molar-refractivity contribution in [2.24, 2.45) is 0 Å². The summed E-state index contributed by atoms with van der Waals surface area (Å²) in [5.74, 6) is -0.267. The van der Waals surface area contributed by atoms with Gasteiger partial charge in [-0.15, -0.1) is 0 Å². The molecule has 0 fully saturated rings. The number of rotatable bonds is 5. The fourth-order valence-corrected chi connectivity index (χ4v) is 1.98. The minimum absolute atomic E-state index is 0.0428. The smallest absolute Gasteiger partial charge is 0.251 e. The molecule has 0 aliphatic rings. The van der Waals surface area contributed by atoms with Crippen LogP contribution in [0.1, 0.15) is 15.9 Å². The van der Waals surface area contributed by atoms with Crippen molar-refractivity contribution in [3.8, 4) is 5.75 Å². The Balaban J connectivity index is 2.01. The maximum atomic E-state index is 12.0. The second kappa shape index (κ2) is 6.73. The van der Waals surface area contributed by atoms with Gasteiger partial charge in [-0.1, -0.05) is 36.4 Å². The minimum Gasteiger partial charge on any atom is -0.508 e. The quantitative estimate of drug-likeness (QED) is 0.775. The van der Waals surface area contributed by atoms with E-state index in [0.29, 0.717) is 12.0 Å². The highest BCUT2D eigenvalue weighted by molar-refractivity contribution is 5.94.